The van der Waals surface area contributed by atoms with Gasteiger partial charge in [-0.3, -0.25) is 19.2 Å². The molecule has 2 aromatic heterocycles. The Morgan fingerprint density at radius 2 is 0.871 bits per heavy atom. The zero-order valence-corrected chi connectivity index (χ0v) is 56.5. The fourth-order valence-electron chi connectivity index (χ4n) is 15.3. The molecule has 502 valence electrons. The SMILES string of the molecule is O=C(C[C@H](Cc1ccc2ccccc2c1)C(=O)N[C@H](CC1=CCc2ccccc21)c1ncc(-c2ccccc2)[nH]1)C1CCNCC1.O=C(C[C@H](Cc1ccc2ccccc2c1)C(=O)N[C@H](CC1=CCc2ccccc21)c1ncc(-c2ccccc2)[nH]1)OCC1c2ccccc2-c2ccccc21. The van der Waals surface area contributed by atoms with Gasteiger partial charge in [0.25, 0.3) is 0 Å². The molecular weight excluding hydrogens is 1250 g/mol. The molecule has 1 saturated heterocycles. The van der Waals surface area contributed by atoms with Gasteiger partial charge in [0.1, 0.15) is 24.0 Å². The number of carbonyl (C=O) groups excluding carboxylic acids is 4. The van der Waals surface area contributed by atoms with E-state index in [9.17, 15) is 19.2 Å². The molecule has 0 spiro atoms. The number of imidazole rings is 2. The number of aromatic amines is 2. The van der Waals surface area contributed by atoms with Crippen LogP contribution in [0.4, 0.5) is 0 Å². The molecule has 3 aliphatic carbocycles. The van der Waals surface area contributed by atoms with Crippen molar-refractivity contribution in [3.63, 3.8) is 0 Å². The Bertz CT molecular complexity index is 5000. The highest BCUT2D eigenvalue weighted by Crippen LogP contribution is 2.45. The van der Waals surface area contributed by atoms with Gasteiger partial charge in [-0.15, -0.1) is 0 Å². The van der Waals surface area contributed by atoms with Crippen LogP contribution in [0.5, 0.6) is 0 Å². The number of Topliss-reactive ketones (excluding diaryl/α,β-unsaturated/α-hetero) is 1. The molecule has 2 amide bonds. The number of ketones is 1. The number of rotatable bonds is 23. The van der Waals surface area contributed by atoms with Crippen LogP contribution in [0.15, 0.2) is 267 Å². The maximum Gasteiger partial charge on any atom is 0.306 e. The lowest BCUT2D eigenvalue weighted by atomic mass is 9.85. The first-order chi connectivity index (χ1) is 49.7. The second-order valence-corrected chi connectivity index (χ2v) is 27.3. The van der Waals surface area contributed by atoms with Crippen molar-refractivity contribution in [3.05, 3.63) is 323 Å². The summed E-state index contributed by atoms with van der Waals surface area (Å²) in [6.45, 7) is 1.90. The average molecular weight is 1330 g/mol. The molecule has 1 fully saturated rings. The topological polar surface area (TPSA) is 171 Å². The van der Waals surface area contributed by atoms with Gasteiger partial charge in [0, 0.05) is 37.0 Å². The van der Waals surface area contributed by atoms with Crippen LogP contribution in [-0.4, -0.2) is 63.2 Å². The van der Waals surface area contributed by atoms with Crippen molar-refractivity contribution in [2.24, 2.45) is 17.8 Å². The summed E-state index contributed by atoms with van der Waals surface area (Å²) in [7, 11) is 0. The Kier molecular flexibility index (Phi) is 19.8. The predicted octanol–water partition coefficient (Wildman–Crippen LogP) is 17.3. The first-order valence-corrected chi connectivity index (χ1v) is 35.6. The molecule has 0 unspecified atom stereocenters. The Balaban J connectivity index is 0.000000166. The van der Waals surface area contributed by atoms with Crippen molar-refractivity contribution in [1.82, 2.24) is 35.9 Å². The minimum Gasteiger partial charge on any atom is -0.465 e. The van der Waals surface area contributed by atoms with Gasteiger partial charge < -0.3 is 30.7 Å². The Morgan fingerprint density at radius 1 is 0.446 bits per heavy atom. The zero-order chi connectivity index (χ0) is 68.4. The molecule has 3 heterocycles. The van der Waals surface area contributed by atoms with Crippen LogP contribution in [-0.2, 0) is 49.6 Å². The Morgan fingerprint density at radius 3 is 1.37 bits per heavy atom. The summed E-state index contributed by atoms with van der Waals surface area (Å²) in [5.74, 6) is -0.355. The number of esters is 1. The third-order valence-corrected chi connectivity index (χ3v) is 20.7. The maximum absolute atomic E-state index is 14.6. The van der Waals surface area contributed by atoms with Crippen molar-refractivity contribution < 1.29 is 23.9 Å². The number of allylic oxidation sites excluding steroid dienone is 2. The molecule has 0 saturated carbocycles. The number of piperidine rings is 1. The van der Waals surface area contributed by atoms with Crippen LogP contribution < -0.4 is 16.0 Å². The van der Waals surface area contributed by atoms with E-state index < -0.39 is 23.8 Å². The van der Waals surface area contributed by atoms with Gasteiger partial charge in [-0.25, -0.2) is 9.97 Å². The van der Waals surface area contributed by atoms with E-state index in [0.29, 0.717) is 37.3 Å². The number of fused-ring (bicyclic) bond motifs is 7. The van der Waals surface area contributed by atoms with Crippen molar-refractivity contribution in [3.8, 4) is 33.6 Å². The summed E-state index contributed by atoms with van der Waals surface area (Å²) in [5.41, 5.74) is 17.9. The first kappa shape index (κ1) is 65.6. The van der Waals surface area contributed by atoms with E-state index in [1.54, 1.807) is 0 Å². The highest BCUT2D eigenvalue weighted by molar-refractivity contribution is 5.90. The lowest BCUT2D eigenvalue weighted by molar-refractivity contribution is -0.147. The van der Waals surface area contributed by atoms with Gasteiger partial charge in [0.15, 0.2) is 0 Å². The summed E-state index contributed by atoms with van der Waals surface area (Å²) < 4.78 is 6.07. The number of H-pyrrole nitrogens is 2. The zero-order valence-electron chi connectivity index (χ0n) is 56.5. The first-order valence-electron chi connectivity index (χ1n) is 35.6. The molecule has 1 aliphatic heterocycles. The minimum atomic E-state index is -0.673. The van der Waals surface area contributed by atoms with Crippen LogP contribution in [0.2, 0.25) is 0 Å². The summed E-state index contributed by atoms with van der Waals surface area (Å²) in [6.07, 6.45) is 13.8. The second kappa shape index (κ2) is 30.4. The van der Waals surface area contributed by atoms with Gasteiger partial charge in [0.2, 0.25) is 11.8 Å². The summed E-state index contributed by atoms with van der Waals surface area (Å²) in [4.78, 5) is 73.1. The van der Waals surface area contributed by atoms with Crippen LogP contribution in [0.25, 0.3) is 66.3 Å². The molecule has 101 heavy (non-hydrogen) atoms. The Labute approximate surface area is 589 Å². The van der Waals surface area contributed by atoms with E-state index in [2.05, 4.69) is 172 Å². The van der Waals surface area contributed by atoms with Crippen LogP contribution in [0.1, 0.15) is 113 Å². The maximum atomic E-state index is 14.6. The highest BCUT2D eigenvalue weighted by atomic mass is 16.5. The molecule has 12 aromatic rings. The number of aromatic nitrogens is 4. The number of ether oxygens (including phenoxy) is 1. The van der Waals surface area contributed by atoms with Crippen LogP contribution in [0.3, 0.4) is 0 Å². The molecule has 12 nitrogen and oxygen atoms in total. The molecular formula is C89H81N7O5. The number of carbonyl (C=O) groups is 4. The fraction of sp³-hybridized carbons (Fsp3) is 0.213. The van der Waals surface area contributed by atoms with E-state index in [1.165, 1.54) is 44.5 Å². The third kappa shape index (κ3) is 15.1. The van der Waals surface area contributed by atoms with E-state index in [4.69, 9.17) is 14.7 Å². The molecule has 4 aliphatic rings. The molecule has 5 N–H and O–H groups in total. The standard InChI is InChI=1S/C49H41N3O3.C40H40N4O2/c53-47(55-31-44-42-20-10-8-18-40(42)41-19-9-11-21-43(41)44)29-38(27-32-22-23-33-12-4-5-16-36(33)26-32)49(54)52-45(28-37-25-24-34-13-6-7-17-39(34)37)48-50-30-46(51-48)35-14-2-1-3-15-35;45-38(31-18-20-41-21-19-31)25-34(23-27-14-15-28-8-4-5-12-32(28)22-27)40(46)44-36(24-33-17-16-29-9-6-7-13-35(29)33)39-42-26-37(43-39)30-10-2-1-3-11-30/h1-23,25-26,30,38,44-45H,24,27-29,31H2,(H,50,51)(H,52,54);1-15,17,22,26,31,34,36,41H,16,18-21,23-25H2,(H,42,43)(H,44,46)/t38-,45+;34-,36+/m00/s1. The van der Waals surface area contributed by atoms with Crippen molar-refractivity contribution in [1.29, 1.82) is 0 Å². The molecule has 0 bridgehead atoms. The van der Waals surface area contributed by atoms with Gasteiger partial charge >= 0.3 is 5.97 Å². The summed E-state index contributed by atoms with van der Waals surface area (Å²) in [5, 5.41) is 14.6. The molecule has 0 radical (unpaired) electrons. The summed E-state index contributed by atoms with van der Waals surface area (Å²) >= 11 is 0. The normalized spacial score (nSPS) is 15.0. The van der Waals surface area contributed by atoms with E-state index >= 15 is 0 Å². The van der Waals surface area contributed by atoms with Gasteiger partial charge in [-0.05, 0) is 151 Å². The van der Waals surface area contributed by atoms with E-state index in [1.807, 2.05) is 122 Å². The highest BCUT2D eigenvalue weighted by Gasteiger charge is 2.34. The van der Waals surface area contributed by atoms with Gasteiger partial charge in [-0.1, -0.05) is 255 Å². The summed E-state index contributed by atoms with van der Waals surface area (Å²) in [6, 6.07) is 81.8. The lowest BCUT2D eigenvalue weighted by Gasteiger charge is -2.25. The number of hydrogen-bond donors (Lipinski definition) is 5. The Hall–Kier alpha value is -11.3. The van der Waals surface area contributed by atoms with E-state index in [-0.39, 0.29) is 54.9 Å². The van der Waals surface area contributed by atoms with Crippen LogP contribution >= 0.6 is 0 Å². The van der Waals surface area contributed by atoms with Crippen molar-refractivity contribution >= 4 is 56.3 Å². The molecule has 12 heteroatoms. The van der Waals surface area contributed by atoms with Crippen LogP contribution in [0, 0.1) is 17.8 Å². The largest absolute Gasteiger partial charge is 0.465 e. The number of hydrogen-bond acceptors (Lipinski definition) is 8. The number of benzene rings is 10. The number of amides is 2. The second-order valence-electron chi connectivity index (χ2n) is 27.3. The van der Waals surface area contributed by atoms with Crippen molar-refractivity contribution in [2.75, 3.05) is 19.7 Å². The minimum absolute atomic E-state index is 0.00241. The number of nitrogens with zero attached hydrogens (tertiary/aromatic N) is 2. The third-order valence-electron chi connectivity index (χ3n) is 20.7. The van der Waals surface area contributed by atoms with Crippen molar-refractivity contribution in [2.45, 2.75) is 82.2 Å². The fourth-order valence-corrected chi connectivity index (χ4v) is 15.3. The smallest absolute Gasteiger partial charge is 0.306 e. The molecule has 10 aromatic carbocycles. The predicted molar refractivity (Wildman–Crippen MR) is 402 cm³/mol. The van der Waals surface area contributed by atoms with E-state index in [0.717, 1.165) is 105 Å². The average Bonchev–Trinajstić information content (AvgIpc) is 1.59. The molecule has 16 rings (SSSR count). The monoisotopic (exact) mass is 1330 g/mol. The lowest BCUT2D eigenvalue weighted by Crippen LogP contribution is -2.38. The van der Waals surface area contributed by atoms with Gasteiger partial charge in [0.05, 0.1) is 48.2 Å². The number of nitrogens with one attached hydrogen (secondary N) is 5. The molecule has 4 atom stereocenters. The quantitative estimate of drug-likeness (QED) is 0.0394. The van der Waals surface area contributed by atoms with Gasteiger partial charge in [-0.2, -0.15) is 0 Å².